The second kappa shape index (κ2) is 6.59. The smallest absolute Gasteiger partial charge is 0.179 e. The van der Waals surface area contributed by atoms with E-state index in [4.69, 9.17) is 0 Å². The average Bonchev–Trinajstić information content (AvgIpc) is 3.29. The number of aromatic nitrogens is 2. The molecule has 0 unspecified atom stereocenters. The van der Waals surface area contributed by atoms with Crippen molar-refractivity contribution in [3.8, 4) is 28.6 Å². The fraction of sp³-hybridized carbons (Fsp3) is 0.304. The SMILES string of the molecule is N#CN1C[C@@H](c2cc(-c3cccc(-c4ccccc4)c3)n[nH]2)[C@H](C2CC2)C1. The zero-order valence-electron chi connectivity index (χ0n) is 15.2. The van der Waals surface area contributed by atoms with Gasteiger partial charge in [-0.15, -0.1) is 0 Å². The normalized spacial score (nSPS) is 22.0. The first-order chi connectivity index (χ1) is 13.3. The molecule has 2 aromatic carbocycles. The summed E-state index contributed by atoms with van der Waals surface area (Å²) in [5.74, 6) is 1.74. The summed E-state index contributed by atoms with van der Waals surface area (Å²) in [5, 5.41) is 17.2. The van der Waals surface area contributed by atoms with Gasteiger partial charge in [0.2, 0.25) is 0 Å². The van der Waals surface area contributed by atoms with Crippen molar-refractivity contribution in [1.29, 1.82) is 5.26 Å². The molecule has 0 radical (unpaired) electrons. The van der Waals surface area contributed by atoms with Crippen molar-refractivity contribution < 1.29 is 0 Å². The van der Waals surface area contributed by atoms with E-state index in [0.717, 1.165) is 30.3 Å². The lowest BCUT2D eigenvalue weighted by atomic mass is 9.88. The molecule has 1 aliphatic carbocycles. The molecule has 134 valence electrons. The fourth-order valence-corrected chi connectivity index (χ4v) is 4.40. The van der Waals surface area contributed by atoms with Crippen molar-refractivity contribution in [3.63, 3.8) is 0 Å². The Kier molecular flexibility index (Phi) is 3.94. The van der Waals surface area contributed by atoms with Gasteiger partial charge in [0.25, 0.3) is 0 Å². The number of nitriles is 1. The molecule has 0 spiro atoms. The van der Waals surface area contributed by atoms with Crippen molar-refractivity contribution in [3.05, 3.63) is 66.4 Å². The first-order valence-corrected chi connectivity index (χ1v) is 9.67. The second-order valence-corrected chi connectivity index (χ2v) is 7.77. The van der Waals surface area contributed by atoms with Gasteiger partial charge in [-0.05, 0) is 47.9 Å². The van der Waals surface area contributed by atoms with Gasteiger partial charge in [0, 0.05) is 30.3 Å². The van der Waals surface area contributed by atoms with Crippen molar-refractivity contribution in [1.82, 2.24) is 15.1 Å². The molecule has 1 aliphatic heterocycles. The van der Waals surface area contributed by atoms with Gasteiger partial charge in [-0.3, -0.25) is 5.10 Å². The van der Waals surface area contributed by atoms with Crippen molar-refractivity contribution >= 4 is 0 Å². The van der Waals surface area contributed by atoms with Crippen molar-refractivity contribution in [2.24, 2.45) is 11.8 Å². The van der Waals surface area contributed by atoms with Crippen LogP contribution in [0.25, 0.3) is 22.4 Å². The molecule has 1 aromatic heterocycles. The minimum absolute atomic E-state index is 0.385. The molecular formula is C23H22N4. The lowest BCUT2D eigenvalue weighted by Gasteiger charge is -2.15. The summed E-state index contributed by atoms with van der Waals surface area (Å²) in [6.07, 6.45) is 4.95. The molecule has 5 rings (SSSR count). The molecule has 0 bridgehead atoms. The zero-order chi connectivity index (χ0) is 18.2. The molecule has 4 heteroatoms. The Hall–Kier alpha value is -3.06. The summed E-state index contributed by atoms with van der Waals surface area (Å²) < 4.78 is 0. The third kappa shape index (κ3) is 3.10. The molecule has 1 N–H and O–H groups in total. The summed E-state index contributed by atoms with van der Waals surface area (Å²) in [4.78, 5) is 1.91. The first kappa shape index (κ1) is 16.1. The van der Waals surface area contributed by atoms with Crippen LogP contribution in [-0.4, -0.2) is 28.2 Å². The molecule has 2 aliphatic rings. The monoisotopic (exact) mass is 354 g/mol. The molecule has 4 nitrogen and oxygen atoms in total. The van der Waals surface area contributed by atoms with Crippen LogP contribution in [0.1, 0.15) is 24.5 Å². The lowest BCUT2D eigenvalue weighted by Crippen LogP contribution is -2.14. The van der Waals surface area contributed by atoms with Gasteiger partial charge < -0.3 is 4.90 Å². The van der Waals surface area contributed by atoms with E-state index in [1.54, 1.807) is 0 Å². The Balaban J connectivity index is 1.43. The van der Waals surface area contributed by atoms with E-state index < -0.39 is 0 Å². The highest BCUT2D eigenvalue weighted by Gasteiger charge is 2.43. The van der Waals surface area contributed by atoms with Crippen LogP contribution in [0.15, 0.2) is 60.7 Å². The number of hydrogen-bond acceptors (Lipinski definition) is 3. The summed E-state index contributed by atoms with van der Waals surface area (Å²) in [6.45, 7) is 1.70. The van der Waals surface area contributed by atoms with Gasteiger partial charge in [0.1, 0.15) is 0 Å². The minimum Gasteiger partial charge on any atom is -0.310 e. The van der Waals surface area contributed by atoms with Gasteiger partial charge in [-0.25, -0.2) is 0 Å². The van der Waals surface area contributed by atoms with E-state index in [0.29, 0.717) is 11.8 Å². The van der Waals surface area contributed by atoms with Crippen LogP contribution in [0.4, 0.5) is 0 Å². The van der Waals surface area contributed by atoms with Crippen molar-refractivity contribution in [2.45, 2.75) is 18.8 Å². The van der Waals surface area contributed by atoms with Crippen LogP contribution >= 0.6 is 0 Å². The number of hydrogen-bond donors (Lipinski definition) is 1. The second-order valence-electron chi connectivity index (χ2n) is 7.77. The molecular weight excluding hydrogens is 332 g/mol. The number of rotatable bonds is 4. The Labute approximate surface area is 159 Å². The zero-order valence-corrected chi connectivity index (χ0v) is 15.2. The van der Waals surface area contributed by atoms with Crippen LogP contribution in [0.3, 0.4) is 0 Å². The summed E-state index contributed by atoms with van der Waals surface area (Å²) in [5.41, 5.74) is 5.68. The van der Waals surface area contributed by atoms with Gasteiger partial charge in [0.05, 0.1) is 5.69 Å². The highest BCUT2D eigenvalue weighted by molar-refractivity contribution is 5.71. The first-order valence-electron chi connectivity index (χ1n) is 9.67. The third-order valence-corrected chi connectivity index (χ3v) is 6.00. The van der Waals surface area contributed by atoms with Crippen molar-refractivity contribution in [2.75, 3.05) is 13.1 Å². The predicted octanol–water partition coefficient (Wildman–Crippen LogP) is 4.65. The summed E-state index contributed by atoms with van der Waals surface area (Å²) in [6, 6.07) is 21.1. The number of nitrogens with one attached hydrogen (secondary N) is 1. The Morgan fingerprint density at radius 3 is 2.48 bits per heavy atom. The molecule has 0 amide bonds. The number of H-pyrrole nitrogens is 1. The Bertz CT molecular complexity index is 981. The average molecular weight is 354 g/mol. The maximum absolute atomic E-state index is 9.32. The number of aromatic amines is 1. The Morgan fingerprint density at radius 1 is 0.926 bits per heavy atom. The summed E-state index contributed by atoms with van der Waals surface area (Å²) in [7, 11) is 0. The van der Waals surface area contributed by atoms with Gasteiger partial charge in [-0.1, -0.05) is 48.5 Å². The standard InChI is InChI=1S/C23H22N4/c24-15-27-13-20(17-9-10-17)21(14-27)23-12-22(25-26-23)19-8-4-7-18(11-19)16-5-2-1-3-6-16/h1-8,11-12,17,20-21H,9-10,13-14H2,(H,25,26)/t20-,21+/m0/s1. The van der Waals surface area contributed by atoms with Gasteiger partial charge >= 0.3 is 0 Å². The number of likely N-dealkylation sites (tertiary alicyclic amines) is 1. The largest absolute Gasteiger partial charge is 0.310 e. The topological polar surface area (TPSA) is 55.7 Å². The van der Waals surface area contributed by atoms with Crippen LogP contribution in [-0.2, 0) is 0 Å². The van der Waals surface area contributed by atoms with Crippen LogP contribution < -0.4 is 0 Å². The van der Waals surface area contributed by atoms with E-state index >= 15 is 0 Å². The quantitative estimate of drug-likeness (QED) is 0.694. The molecule has 3 aromatic rings. The van der Waals surface area contributed by atoms with Crippen LogP contribution in [0.5, 0.6) is 0 Å². The molecule has 27 heavy (non-hydrogen) atoms. The van der Waals surface area contributed by atoms with E-state index in [1.807, 2.05) is 11.0 Å². The van der Waals surface area contributed by atoms with Gasteiger partial charge in [-0.2, -0.15) is 10.4 Å². The van der Waals surface area contributed by atoms with E-state index in [-0.39, 0.29) is 0 Å². The van der Waals surface area contributed by atoms with Gasteiger partial charge in [0.15, 0.2) is 6.19 Å². The fourth-order valence-electron chi connectivity index (χ4n) is 4.40. The van der Waals surface area contributed by atoms with E-state index in [9.17, 15) is 5.26 Å². The maximum atomic E-state index is 9.32. The highest BCUT2D eigenvalue weighted by atomic mass is 15.2. The highest BCUT2D eigenvalue weighted by Crippen LogP contribution is 2.47. The minimum atomic E-state index is 0.385. The molecule has 2 heterocycles. The predicted molar refractivity (Wildman–Crippen MR) is 106 cm³/mol. The Morgan fingerprint density at radius 2 is 1.70 bits per heavy atom. The van der Waals surface area contributed by atoms with Crippen LogP contribution in [0, 0.1) is 23.3 Å². The third-order valence-electron chi connectivity index (χ3n) is 6.00. The van der Waals surface area contributed by atoms with E-state index in [1.165, 1.54) is 29.7 Å². The lowest BCUT2D eigenvalue weighted by molar-refractivity contribution is 0.420. The number of benzene rings is 2. The molecule has 1 saturated heterocycles. The molecule has 2 fully saturated rings. The molecule has 2 atom stereocenters. The van der Waals surface area contributed by atoms with Crippen LogP contribution in [0.2, 0.25) is 0 Å². The molecule has 1 saturated carbocycles. The van der Waals surface area contributed by atoms with E-state index in [2.05, 4.69) is 71.0 Å². The maximum Gasteiger partial charge on any atom is 0.179 e. The summed E-state index contributed by atoms with van der Waals surface area (Å²) >= 11 is 0. The number of nitrogens with zero attached hydrogens (tertiary/aromatic N) is 3.